The molecule has 0 saturated carbocycles. The van der Waals surface area contributed by atoms with E-state index in [4.69, 9.17) is 0 Å². The molecule has 0 N–H and O–H groups in total. The molecule has 1 unspecified atom stereocenters. The number of carbonyl (C=O) groups is 2. The van der Waals surface area contributed by atoms with Crippen LogP contribution >= 0.6 is 0 Å². The van der Waals surface area contributed by atoms with Gasteiger partial charge >= 0.3 is 12.4 Å². The van der Waals surface area contributed by atoms with Gasteiger partial charge in [0.15, 0.2) is 0 Å². The summed E-state index contributed by atoms with van der Waals surface area (Å²) < 4.78 is 76.5. The Hall–Kier alpha value is -2.26. The smallest absolute Gasteiger partial charge is 0.338 e. The van der Waals surface area contributed by atoms with Crippen molar-refractivity contribution in [3.63, 3.8) is 0 Å². The number of hydrogen-bond acceptors (Lipinski definition) is 2. The van der Waals surface area contributed by atoms with Crippen LogP contribution in [0.3, 0.4) is 0 Å². The van der Waals surface area contributed by atoms with Crippen LogP contribution in [0.15, 0.2) is 24.3 Å². The molecule has 4 nitrogen and oxygen atoms in total. The first kappa shape index (κ1) is 22.0. The third-order valence-corrected chi connectivity index (χ3v) is 4.37. The zero-order chi connectivity index (χ0) is 21.1. The topological polar surface area (TPSA) is 40.6 Å². The molecule has 1 heterocycles. The third kappa shape index (κ3) is 5.87. The number of benzene rings is 1. The standard InChI is InChI=1S/C18H20F6N2O2/c1-2-6-25(11-17(19,20)21)16(28)13-8-15(27)26(10-13)9-12-4-3-5-14(7-12)18(22,23)24/h3-5,7,13H,2,6,8-11H2,1H3. The molecule has 28 heavy (non-hydrogen) atoms. The van der Waals surface area contributed by atoms with Gasteiger partial charge in [-0.15, -0.1) is 0 Å². The number of hydrogen-bond donors (Lipinski definition) is 0. The van der Waals surface area contributed by atoms with E-state index in [0.29, 0.717) is 11.3 Å². The highest BCUT2D eigenvalue weighted by atomic mass is 19.4. The van der Waals surface area contributed by atoms with Crippen molar-refractivity contribution >= 4 is 11.8 Å². The molecular weight excluding hydrogens is 390 g/mol. The Kier molecular flexibility index (Phi) is 6.61. The average molecular weight is 410 g/mol. The minimum absolute atomic E-state index is 0.0866. The molecule has 1 atom stereocenters. The summed E-state index contributed by atoms with van der Waals surface area (Å²) in [5.74, 6) is -2.18. The van der Waals surface area contributed by atoms with Crippen molar-refractivity contribution in [2.75, 3.05) is 19.6 Å². The van der Waals surface area contributed by atoms with Crippen molar-refractivity contribution in [3.8, 4) is 0 Å². The SMILES string of the molecule is CCCN(CC(F)(F)F)C(=O)C1CC(=O)N(Cc2cccc(C(F)(F)F)c2)C1. The summed E-state index contributed by atoms with van der Waals surface area (Å²) in [6, 6.07) is 4.45. The first-order valence-corrected chi connectivity index (χ1v) is 8.70. The van der Waals surface area contributed by atoms with Crippen molar-refractivity contribution in [1.29, 1.82) is 0 Å². The maximum Gasteiger partial charge on any atom is 0.416 e. The highest BCUT2D eigenvalue weighted by Crippen LogP contribution is 2.30. The molecule has 0 spiro atoms. The summed E-state index contributed by atoms with van der Waals surface area (Å²) in [6.45, 7) is -0.101. The molecule has 0 radical (unpaired) electrons. The van der Waals surface area contributed by atoms with Gasteiger partial charge in [0.1, 0.15) is 6.54 Å². The van der Waals surface area contributed by atoms with Crippen LogP contribution in [0.1, 0.15) is 30.9 Å². The predicted octanol–water partition coefficient (Wildman–Crippen LogP) is 3.85. The van der Waals surface area contributed by atoms with Crippen molar-refractivity contribution in [3.05, 3.63) is 35.4 Å². The molecule has 1 aromatic rings. The van der Waals surface area contributed by atoms with E-state index < -0.39 is 42.2 Å². The minimum atomic E-state index is -4.55. The lowest BCUT2D eigenvalue weighted by Gasteiger charge is -2.26. The molecule has 1 fully saturated rings. The maximum atomic E-state index is 12.8. The molecule has 156 valence electrons. The largest absolute Gasteiger partial charge is 0.416 e. The Bertz CT molecular complexity index is 717. The molecule has 1 aliphatic rings. The Morgan fingerprint density at radius 1 is 1.21 bits per heavy atom. The average Bonchev–Trinajstić information content (AvgIpc) is 2.93. The molecule has 0 aromatic heterocycles. The van der Waals surface area contributed by atoms with Crippen molar-refractivity contribution in [2.45, 2.75) is 38.7 Å². The summed E-state index contributed by atoms with van der Waals surface area (Å²) >= 11 is 0. The van der Waals surface area contributed by atoms with Crippen molar-refractivity contribution in [2.24, 2.45) is 5.92 Å². The number of likely N-dealkylation sites (tertiary alicyclic amines) is 1. The van der Waals surface area contributed by atoms with Gasteiger partial charge in [-0.1, -0.05) is 19.1 Å². The number of amides is 2. The van der Waals surface area contributed by atoms with Gasteiger partial charge in [0, 0.05) is 26.1 Å². The van der Waals surface area contributed by atoms with E-state index in [1.807, 2.05) is 0 Å². The predicted molar refractivity (Wildman–Crippen MR) is 87.9 cm³/mol. The number of rotatable bonds is 6. The minimum Gasteiger partial charge on any atom is -0.338 e. The Morgan fingerprint density at radius 2 is 1.89 bits per heavy atom. The normalized spacial score (nSPS) is 17.9. The molecule has 1 aromatic carbocycles. The zero-order valence-corrected chi connectivity index (χ0v) is 15.1. The van der Waals surface area contributed by atoms with Gasteiger partial charge in [0.25, 0.3) is 0 Å². The second kappa shape index (κ2) is 8.40. The van der Waals surface area contributed by atoms with Gasteiger partial charge in [0.2, 0.25) is 11.8 Å². The van der Waals surface area contributed by atoms with E-state index in [9.17, 15) is 35.9 Å². The molecule has 0 bridgehead atoms. The van der Waals surface area contributed by atoms with Crippen LogP contribution in [0.25, 0.3) is 0 Å². The number of carbonyl (C=O) groups excluding carboxylic acids is 2. The third-order valence-electron chi connectivity index (χ3n) is 4.37. The first-order valence-electron chi connectivity index (χ1n) is 8.70. The second-order valence-corrected chi connectivity index (χ2v) is 6.75. The number of nitrogens with zero attached hydrogens (tertiary/aromatic N) is 2. The highest BCUT2D eigenvalue weighted by Gasteiger charge is 2.40. The molecule has 2 amide bonds. The lowest BCUT2D eigenvalue weighted by molar-refractivity contribution is -0.163. The van der Waals surface area contributed by atoms with Gasteiger partial charge in [-0.05, 0) is 24.1 Å². The van der Waals surface area contributed by atoms with Gasteiger partial charge in [-0.3, -0.25) is 9.59 Å². The van der Waals surface area contributed by atoms with Gasteiger partial charge in [0.05, 0.1) is 11.5 Å². The monoisotopic (exact) mass is 410 g/mol. The lowest BCUT2D eigenvalue weighted by Crippen LogP contribution is -2.43. The van der Waals surface area contributed by atoms with E-state index in [1.165, 1.54) is 17.0 Å². The molecule has 1 saturated heterocycles. The summed E-state index contributed by atoms with van der Waals surface area (Å²) in [4.78, 5) is 26.5. The van der Waals surface area contributed by atoms with Crippen LogP contribution in [0.2, 0.25) is 0 Å². The van der Waals surface area contributed by atoms with E-state index in [1.54, 1.807) is 6.92 Å². The number of alkyl halides is 6. The number of halogens is 6. The maximum absolute atomic E-state index is 12.8. The zero-order valence-electron chi connectivity index (χ0n) is 15.1. The fourth-order valence-electron chi connectivity index (χ4n) is 3.17. The van der Waals surface area contributed by atoms with Crippen LogP contribution < -0.4 is 0 Å². The molecule has 2 rings (SSSR count). The highest BCUT2D eigenvalue weighted by molar-refractivity contribution is 5.89. The van der Waals surface area contributed by atoms with E-state index in [-0.39, 0.29) is 31.6 Å². The Labute approximate surface area is 158 Å². The van der Waals surface area contributed by atoms with Crippen molar-refractivity contribution in [1.82, 2.24) is 9.80 Å². The van der Waals surface area contributed by atoms with Crippen LogP contribution in [-0.2, 0) is 22.3 Å². The second-order valence-electron chi connectivity index (χ2n) is 6.75. The molecular formula is C18H20F6N2O2. The Morgan fingerprint density at radius 3 is 2.46 bits per heavy atom. The fraction of sp³-hybridized carbons (Fsp3) is 0.556. The quantitative estimate of drug-likeness (QED) is 0.669. The van der Waals surface area contributed by atoms with Gasteiger partial charge in [-0.2, -0.15) is 26.3 Å². The lowest BCUT2D eigenvalue weighted by atomic mass is 10.1. The van der Waals surface area contributed by atoms with Gasteiger partial charge in [-0.25, -0.2) is 0 Å². The van der Waals surface area contributed by atoms with E-state index in [2.05, 4.69) is 0 Å². The summed E-state index contributed by atoms with van der Waals surface area (Å²) in [7, 11) is 0. The van der Waals surface area contributed by atoms with E-state index >= 15 is 0 Å². The summed E-state index contributed by atoms with van der Waals surface area (Å²) in [6.07, 6.45) is -9.00. The van der Waals surface area contributed by atoms with Crippen LogP contribution in [0.4, 0.5) is 26.3 Å². The Balaban J connectivity index is 2.07. The van der Waals surface area contributed by atoms with Crippen molar-refractivity contribution < 1.29 is 35.9 Å². The van der Waals surface area contributed by atoms with E-state index in [0.717, 1.165) is 12.1 Å². The van der Waals surface area contributed by atoms with Crippen LogP contribution in [0, 0.1) is 5.92 Å². The van der Waals surface area contributed by atoms with Crippen LogP contribution in [-0.4, -0.2) is 47.4 Å². The fourth-order valence-corrected chi connectivity index (χ4v) is 3.17. The summed E-state index contributed by atoms with van der Waals surface area (Å²) in [5.41, 5.74) is -0.624. The summed E-state index contributed by atoms with van der Waals surface area (Å²) in [5, 5.41) is 0. The molecule has 10 heteroatoms. The van der Waals surface area contributed by atoms with Gasteiger partial charge < -0.3 is 9.80 Å². The molecule has 0 aliphatic carbocycles. The van der Waals surface area contributed by atoms with Crippen LogP contribution in [0.5, 0.6) is 0 Å². The first-order chi connectivity index (χ1) is 12.9. The molecule has 1 aliphatic heterocycles.